The molecule has 0 radical (unpaired) electrons. The molecule has 1 aromatic heterocycles. The van der Waals surface area contributed by atoms with Crippen molar-refractivity contribution in [3.63, 3.8) is 0 Å². The van der Waals surface area contributed by atoms with Gasteiger partial charge in [-0.2, -0.15) is 0 Å². The summed E-state index contributed by atoms with van der Waals surface area (Å²) in [6, 6.07) is 49.3. The Balaban J connectivity index is 1.66. The first kappa shape index (κ1) is 20.0. The number of fused-ring (bicyclic) bond motifs is 9. The van der Waals surface area contributed by atoms with Crippen LogP contribution in [0.2, 0.25) is 0 Å². The predicted octanol–water partition coefficient (Wildman–Crippen LogP) is 9.80. The van der Waals surface area contributed by atoms with Crippen molar-refractivity contribution >= 4 is 42.6 Å². The summed E-state index contributed by atoms with van der Waals surface area (Å²) in [6.45, 7) is 0. The number of nitrogens with one attached hydrogen (secondary N) is 1. The lowest BCUT2D eigenvalue weighted by Crippen LogP contribution is -2.02. The summed E-state index contributed by atoms with van der Waals surface area (Å²) in [5.74, 6) is 0. The maximum Gasteiger partial charge on any atom is 0.0555 e. The smallest absolute Gasteiger partial charge is 0.0555 e. The molecule has 7 aromatic rings. The molecule has 0 aliphatic carbocycles. The fourth-order valence-electron chi connectivity index (χ4n) is 6.17. The van der Waals surface area contributed by atoms with Crippen LogP contribution in [0.25, 0.3) is 43.7 Å². The van der Waals surface area contributed by atoms with Crippen molar-refractivity contribution in [2.24, 2.45) is 0 Å². The summed E-state index contributed by atoms with van der Waals surface area (Å²) in [6.07, 6.45) is 0. The first-order chi connectivity index (χ1) is 17.9. The van der Waals surface area contributed by atoms with E-state index in [2.05, 4.69) is 138 Å². The summed E-state index contributed by atoms with van der Waals surface area (Å²) in [5.41, 5.74) is 5.13. The van der Waals surface area contributed by atoms with Gasteiger partial charge < -0.3 is 4.98 Å². The van der Waals surface area contributed by atoms with E-state index < -0.39 is 10.0 Å². The molecule has 2 heterocycles. The molecule has 0 bridgehead atoms. The Morgan fingerprint density at radius 1 is 0.472 bits per heavy atom. The molecule has 0 unspecified atom stereocenters. The third kappa shape index (κ3) is 2.47. The summed E-state index contributed by atoms with van der Waals surface area (Å²) in [4.78, 5) is 9.47. The summed E-state index contributed by atoms with van der Waals surface area (Å²) in [7, 11) is -1.71. The highest BCUT2D eigenvalue weighted by atomic mass is 32.3. The van der Waals surface area contributed by atoms with Gasteiger partial charge in [0.05, 0.1) is 5.52 Å². The average molecular weight is 478 g/mol. The second kappa shape index (κ2) is 7.36. The summed E-state index contributed by atoms with van der Waals surface area (Å²) < 4.78 is 0. The van der Waals surface area contributed by atoms with Crippen molar-refractivity contribution in [3.05, 3.63) is 133 Å². The van der Waals surface area contributed by atoms with Gasteiger partial charge in [-0.25, -0.2) is 0 Å². The predicted molar refractivity (Wildman–Crippen MR) is 152 cm³/mol. The van der Waals surface area contributed by atoms with Crippen molar-refractivity contribution in [1.82, 2.24) is 4.98 Å². The first-order valence-electron chi connectivity index (χ1n) is 12.4. The zero-order valence-corrected chi connectivity index (χ0v) is 20.4. The van der Waals surface area contributed by atoms with E-state index in [1.165, 1.54) is 63.3 Å². The Kier molecular flexibility index (Phi) is 4.09. The Morgan fingerprint density at radius 2 is 1.11 bits per heavy atom. The van der Waals surface area contributed by atoms with Crippen LogP contribution in [-0.2, 0) is 0 Å². The van der Waals surface area contributed by atoms with E-state index >= 15 is 0 Å². The molecular weight excluding hydrogens is 454 g/mol. The van der Waals surface area contributed by atoms with E-state index in [4.69, 9.17) is 0 Å². The lowest BCUT2D eigenvalue weighted by molar-refractivity contribution is 1.30. The lowest BCUT2D eigenvalue weighted by Gasteiger charge is -2.40. The Labute approximate surface area is 211 Å². The van der Waals surface area contributed by atoms with Crippen LogP contribution in [0, 0.1) is 0 Å². The number of hydrogen-bond donors (Lipinski definition) is 1. The van der Waals surface area contributed by atoms with Gasteiger partial charge in [0.2, 0.25) is 0 Å². The van der Waals surface area contributed by atoms with Crippen LogP contribution in [-0.4, -0.2) is 4.98 Å². The van der Waals surface area contributed by atoms with Gasteiger partial charge in [0.15, 0.2) is 0 Å². The van der Waals surface area contributed by atoms with Gasteiger partial charge >= 0.3 is 0 Å². The third-order valence-electron chi connectivity index (χ3n) is 7.62. The van der Waals surface area contributed by atoms with E-state index in [0.29, 0.717) is 0 Å². The quantitative estimate of drug-likeness (QED) is 0.255. The number of aromatic nitrogens is 1. The van der Waals surface area contributed by atoms with Gasteiger partial charge in [0.1, 0.15) is 0 Å². The molecule has 8 rings (SSSR count). The maximum atomic E-state index is 3.83. The maximum absolute atomic E-state index is 3.83. The molecular formula is C34H23NS. The van der Waals surface area contributed by atoms with Crippen molar-refractivity contribution in [2.45, 2.75) is 19.6 Å². The molecule has 2 heteroatoms. The number of rotatable bonds is 2. The van der Waals surface area contributed by atoms with E-state index in [0.717, 1.165) is 0 Å². The molecule has 0 saturated carbocycles. The Hall–Kier alpha value is -4.27. The van der Waals surface area contributed by atoms with Gasteiger partial charge in [-0.3, -0.25) is 0 Å². The van der Waals surface area contributed by atoms with Gasteiger partial charge in [-0.15, -0.1) is 10.0 Å². The minimum absolute atomic E-state index is 1.19. The van der Waals surface area contributed by atoms with Gasteiger partial charge in [0, 0.05) is 41.3 Å². The van der Waals surface area contributed by atoms with Crippen molar-refractivity contribution in [3.8, 4) is 11.1 Å². The normalized spacial score (nSPS) is 14.7. The fourth-order valence-corrected chi connectivity index (χ4v) is 10.6. The highest BCUT2D eigenvalue weighted by Gasteiger charge is 2.43. The van der Waals surface area contributed by atoms with Crippen LogP contribution in [0.5, 0.6) is 0 Å². The second-order valence-electron chi connectivity index (χ2n) is 9.43. The molecule has 1 aliphatic rings. The molecule has 0 spiro atoms. The number of aromatic amines is 1. The van der Waals surface area contributed by atoms with E-state index in [1.54, 1.807) is 0 Å². The molecule has 0 amide bonds. The number of H-pyrrole nitrogens is 1. The largest absolute Gasteiger partial charge is 0.354 e. The lowest BCUT2D eigenvalue weighted by atomic mass is 9.99. The average Bonchev–Trinajstić information content (AvgIpc) is 3.48. The van der Waals surface area contributed by atoms with Crippen molar-refractivity contribution in [1.29, 1.82) is 0 Å². The fraction of sp³-hybridized carbons (Fsp3) is 0. The van der Waals surface area contributed by atoms with Crippen LogP contribution in [0.15, 0.2) is 153 Å². The zero-order chi connectivity index (χ0) is 23.7. The molecule has 1 aliphatic heterocycles. The SMILES string of the molecule is c1ccc(S2(c3ccccc3)c3ccccc3-c3ccc4ccc5c6ccccc6[nH]c5c4c32)cc1. The third-order valence-corrected chi connectivity index (χ3v) is 11.6. The van der Waals surface area contributed by atoms with Crippen LogP contribution >= 0.6 is 10.0 Å². The van der Waals surface area contributed by atoms with Gasteiger partial charge in [0.25, 0.3) is 0 Å². The second-order valence-corrected chi connectivity index (χ2v) is 12.4. The highest BCUT2D eigenvalue weighted by molar-refractivity contribution is 8.34. The van der Waals surface area contributed by atoms with Crippen LogP contribution in [0.4, 0.5) is 0 Å². The molecule has 170 valence electrons. The molecule has 0 fully saturated rings. The number of para-hydroxylation sites is 1. The molecule has 1 N–H and O–H groups in total. The Morgan fingerprint density at radius 3 is 1.89 bits per heavy atom. The van der Waals surface area contributed by atoms with Crippen LogP contribution in [0.3, 0.4) is 0 Å². The van der Waals surface area contributed by atoms with Crippen molar-refractivity contribution < 1.29 is 0 Å². The van der Waals surface area contributed by atoms with Crippen molar-refractivity contribution in [2.75, 3.05) is 0 Å². The van der Waals surface area contributed by atoms with Crippen LogP contribution < -0.4 is 0 Å². The van der Waals surface area contributed by atoms with Crippen LogP contribution in [0.1, 0.15) is 0 Å². The van der Waals surface area contributed by atoms with Gasteiger partial charge in [-0.05, 0) is 52.9 Å². The standard InChI is InChI=1S/C34H23NS/c1-3-11-24(12-4-1)36(25-13-5-2-6-14-25)31-18-10-8-16-27(31)29-22-20-23-19-21-28-26-15-7-9-17-30(26)35-33(28)32(23)34(29)36/h1-22,35H. The molecule has 1 nitrogen and oxygen atoms in total. The highest BCUT2D eigenvalue weighted by Crippen LogP contribution is 2.81. The summed E-state index contributed by atoms with van der Waals surface area (Å²) >= 11 is 0. The number of benzene rings is 6. The topological polar surface area (TPSA) is 15.8 Å². The van der Waals surface area contributed by atoms with Gasteiger partial charge in [-0.1, -0.05) is 97.1 Å². The summed E-state index contributed by atoms with van der Waals surface area (Å²) in [5, 5.41) is 5.20. The zero-order valence-electron chi connectivity index (χ0n) is 19.6. The molecule has 36 heavy (non-hydrogen) atoms. The Bertz CT molecular complexity index is 1890. The molecule has 0 saturated heterocycles. The van der Waals surface area contributed by atoms with E-state index in [9.17, 15) is 0 Å². The minimum Gasteiger partial charge on any atom is -0.354 e. The molecule has 6 aromatic carbocycles. The minimum atomic E-state index is -1.71. The van der Waals surface area contributed by atoms with E-state index in [-0.39, 0.29) is 0 Å². The monoisotopic (exact) mass is 477 g/mol. The number of hydrogen-bond acceptors (Lipinski definition) is 0. The first-order valence-corrected chi connectivity index (χ1v) is 14.0. The van der Waals surface area contributed by atoms with E-state index in [1.807, 2.05) is 0 Å². The molecule has 0 atom stereocenters.